The molecule has 2 aliphatic rings. The highest BCUT2D eigenvalue weighted by molar-refractivity contribution is 5.85. The molecule has 2 aliphatic heterocycles. The van der Waals surface area contributed by atoms with Crippen molar-refractivity contribution in [1.82, 2.24) is 0 Å². The summed E-state index contributed by atoms with van der Waals surface area (Å²) in [4.78, 5) is 13.7. The SMILES string of the molecule is Cc1c(C)c2ccc3c(c2oc1=O)C[NH+](C1CC(C)(C)[NH2+]C(C)(C)C1)CO3. The highest BCUT2D eigenvalue weighted by Gasteiger charge is 2.46. The molecule has 0 bridgehead atoms. The highest BCUT2D eigenvalue weighted by Crippen LogP contribution is 2.31. The van der Waals surface area contributed by atoms with Gasteiger partial charge in [-0.3, -0.25) is 4.90 Å². The number of hydrogen-bond donors (Lipinski definition) is 2. The number of hydrogen-bond acceptors (Lipinski definition) is 3. The van der Waals surface area contributed by atoms with E-state index in [4.69, 9.17) is 9.15 Å². The number of quaternary nitrogens is 2. The maximum atomic E-state index is 12.3. The number of ether oxygens (including phenoxy) is 1. The van der Waals surface area contributed by atoms with E-state index in [0.717, 1.165) is 41.6 Å². The van der Waals surface area contributed by atoms with Gasteiger partial charge in [-0.05, 0) is 59.2 Å². The summed E-state index contributed by atoms with van der Waals surface area (Å²) in [5.74, 6) is 0.860. The fourth-order valence-electron chi connectivity index (χ4n) is 5.37. The third-order valence-electron chi connectivity index (χ3n) is 6.41. The Balaban J connectivity index is 1.73. The van der Waals surface area contributed by atoms with Gasteiger partial charge in [-0.1, -0.05) is 0 Å². The topological polar surface area (TPSA) is 60.5 Å². The molecular formula is C22H32N2O3+2. The Labute approximate surface area is 160 Å². The van der Waals surface area contributed by atoms with Crippen molar-refractivity contribution in [2.24, 2.45) is 0 Å². The first-order valence-electron chi connectivity index (χ1n) is 9.97. The van der Waals surface area contributed by atoms with Crippen molar-refractivity contribution in [3.63, 3.8) is 0 Å². The lowest BCUT2D eigenvalue weighted by atomic mass is 9.79. The smallest absolute Gasteiger partial charge is 0.339 e. The molecule has 1 unspecified atom stereocenters. The Bertz CT molecular complexity index is 942. The summed E-state index contributed by atoms with van der Waals surface area (Å²) in [6.07, 6.45) is 2.30. The largest absolute Gasteiger partial charge is 0.445 e. The van der Waals surface area contributed by atoms with Crippen LogP contribution in [0.1, 0.15) is 57.2 Å². The lowest BCUT2D eigenvalue weighted by molar-refractivity contribution is -0.969. The number of aryl methyl sites for hydroxylation is 1. The molecular weight excluding hydrogens is 340 g/mol. The molecule has 2 aromatic rings. The Hall–Kier alpha value is -1.85. The Morgan fingerprint density at radius 2 is 1.74 bits per heavy atom. The van der Waals surface area contributed by atoms with Gasteiger partial charge in [-0.25, -0.2) is 4.79 Å². The minimum Gasteiger partial charge on any atom is -0.445 e. The average molecular weight is 373 g/mol. The van der Waals surface area contributed by atoms with Crippen molar-refractivity contribution < 1.29 is 19.4 Å². The van der Waals surface area contributed by atoms with E-state index in [-0.39, 0.29) is 16.7 Å². The fourth-order valence-corrected chi connectivity index (χ4v) is 5.37. The van der Waals surface area contributed by atoms with Crippen LogP contribution in [0.4, 0.5) is 0 Å². The van der Waals surface area contributed by atoms with Gasteiger partial charge >= 0.3 is 5.63 Å². The number of rotatable bonds is 1. The summed E-state index contributed by atoms with van der Waals surface area (Å²) < 4.78 is 11.9. The molecule has 5 heteroatoms. The van der Waals surface area contributed by atoms with Crippen LogP contribution in [-0.2, 0) is 6.54 Å². The average Bonchev–Trinajstić information content (AvgIpc) is 2.56. The molecule has 1 atom stereocenters. The van der Waals surface area contributed by atoms with Gasteiger partial charge < -0.3 is 14.5 Å². The number of fused-ring (bicyclic) bond motifs is 3. The van der Waals surface area contributed by atoms with E-state index in [1.54, 1.807) is 0 Å². The van der Waals surface area contributed by atoms with Crippen LogP contribution in [0.3, 0.4) is 0 Å². The van der Waals surface area contributed by atoms with E-state index in [0.29, 0.717) is 23.9 Å². The quantitative estimate of drug-likeness (QED) is 0.745. The summed E-state index contributed by atoms with van der Waals surface area (Å²) in [5, 5.41) is 3.53. The lowest BCUT2D eigenvalue weighted by Crippen LogP contribution is -3.19. The van der Waals surface area contributed by atoms with Gasteiger partial charge in [0.15, 0.2) is 5.58 Å². The van der Waals surface area contributed by atoms with E-state index in [9.17, 15) is 4.79 Å². The van der Waals surface area contributed by atoms with Crippen molar-refractivity contribution in [3.05, 3.63) is 39.2 Å². The van der Waals surface area contributed by atoms with Gasteiger partial charge in [0.05, 0.1) is 29.5 Å². The van der Waals surface area contributed by atoms with Crippen LogP contribution in [-0.4, -0.2) is 23.9 Å². The molecule has 146 valence electrons. The normalized spacial score (nSPS) is 24.4. The van der Waals surface area contributed by atoms with Crippen molar-refractivity contribution in [1.29, 1.82) is 0 Å². The first kappa shape index (κ1) is 18.5. The first-order valence-corrected chi connectivity index (χ1v) is 9.97. The number of nitrogens with one attached hydrogen (secondary N) is 1. The molecule has 1 aromatic heterocycles. The second-order valence-electron chi connectivity index (χ2n) is 9.91. The first-order chi connectivity index (χ1) is 12.6. The predicted molar refractivity (Wildman–Crippen MR) is 105 cm³/mol. The van der Waals surface area contributed by atoms with Crippen molar-refractivity contribution in [3.8, 4) is 5.75 Å². The van der Waals surface area contributed by atoms with Gasteiger partial charge in [-0.2, -0.15) is 0 Å². The molecule has 0 amide bonds. The Morgan fingerprint density at radius 3 is 2.41 bits per heavy atom. The van der Waals surface area contributed by atoms with Crippen LogP contribution in [0, 0.1) is 13.8 Å². The minimum absolute atomic E-state index is 0.221. The molecule has 0 radical (unpaired) electrons. The monoisotopic (exact) mass is 372 g/mol. The van der Waals surface area contributed by atoms with E-state index >= 15 is 0 Å². The van der Waals surface area contributed by atoms with E-state index in [1.807, 2.05) is 26.0 Å². The maximum Gasteiger partial charge on any atom is 0.339 e. The van der Waals surface area contributed by atoms with Crippen molar-refractivity contribution in [2.75, 3.05) is 6.73 Å². The third-order valence-corrected chi connectivity index (χ3v) is 6.41. The molecule has 1 aromatic carbocycles. The van der Waals surface area contributed by atoms with Crippen LogP contribution in [0.15, 0.2) is 21.3 Å². The second-order valence-corrected chi connectivity index (χ2v) is 9.91. The van der Waals surface area contributed by atoms with Crippen molar-refractivity contribution >= 4 is 11.0 Å². The predicted octanol–water partition coefficient (Wildman–Crippen LogP) is 1.43. The summed E-state index contributed by atoms with van der Waals surface area (Å²) in [5.41, 5.74) is 3.64. The summed E-state index contributed by atoms with van der Waals surface area (Å²) in [6.45, 7) is 14.7. The van der Waals surface area contributed by atoms with Crippen molar-refractivity contribution in [2.45, 2.75) is 78.0 Å². The standard InChI is InChI=1S/C22H30N2O3/c1-13-14(2)20(25)27-19-16(13)7-8-18-17(19)11-24(12-26-18)15-9-21(3,4)23-22(5,6)10-15/h7-8,15,23H,9-12H2,1-6H3/p+2. The summed E-state index contributed by atoms with van der Waals surface area (Å²) in [6, 6.07) is 4.58. The Morgan fingerprint density at radius 1 is 1.07 bits per heavy atom. The van der Waals surface area contributed by atoms with E-state index in [2.05, 4.69) is 33.0 Å². The number of benzene rings is 1. The zero-order chi connectivity index (χ0) is 19.6. The zero-order valence-corrected chi connectivity index (χ0v) is 17.4. The molecule has 27 heavy (non-hydrogen) atoms. The molecule has 0 spiro atoms. The van der Waals surface area contributed by atoms with Crippen LogP contribution >= 0.6 is 0 Å². The van der Waals surface area contributed by atoms with Crippen LogP contribution in [0.25, 0.3) is 11.0 Å². The molecule has 5 nitrogen and oxygen atoms in total. The van der Waals surface area contributed by atoms with Gasteiger partial charge in [0, 0.05) is 10.9 Å². The molecule has 3 heterocycles. The second kappa shape index (κ2) is 6.08. The third kappa shape index (κ3) is 3.27. The van der Waals surface area contributed by atoms with E-state index < -0.39 is 0 Å². The lowest BCUT2D eigenvalue weighted by Gasteiger charge is -2.45. The summed E-state index contributed by atoms with van der Waals surface area (Å²) in [7, 11) is 0. The van der Waals surface area contributed by atoms with Crippen LogP contribution in [0.2, 0.25) is 0 Å². The number of piperidine rings is 1. The molecule has 0 aliphatic carbocycles. The van der Waals surface area contributed by atoms with Gasteiger partial charge in [-0.15, -0.1) is 0 Å². The number of nitrogens with two attached hydrogens (primary N) is 1. The van der Waals surface area contributed by atoms with Gasteiger partial charge in [0.1, 0.15) is 18.3 Å². The van der Waals surface area contributed by atoms with Gasteiger partial charge in [0.2, 0.25) is 6.73 Å². The molecule has 3 N–H and O–H groups in total. The molecule has 1 saturated heterocycles. The fraction of sp³-hybridized carbons (Fsp3) is 0.591. The minimum atomic E-state index is -0.241. The van der Waals surface area contributed by atoms with E-state index in [1.165, 1.54) is 4.90 Å². The van der Waals surface area contributed by atoms with Gasteiger partial charge in [0.25, 0.3) is 0 Å². The van der Waals surface area contributed by atoms with Crippen LogP contribution in [0.5, 0.6) is 5.75 Å². The molecule has 0 saturated carbocycles. The zero-order valence-electron chi connectivity index (χ0n) is 17.4. The molecule has 1 fully saturated rings. The maximum absolute atomic E-state index is 12.3. The highest BCUT2D eigenvalue weighted by atomic mass is 16.5. The molecule has 4 rings (SSSR count). The van der Waals surface area contributed by atoms with Crippen LogP contribution < -0.4 is 20.6 Å². The summed E-state index contributed by atoms with van der Waals surface area (Å²) >= 11 is 0. The Kier molecular flexibility index (Phi) is 4.17.